The van der Waals surface area contributed by atoms with E-state index in [9.17, 15) is 9.59 Å². The number of hydrogen-bond donors (Lipinski definition) is 1. The molecule has 0 bridgehead atoms. The Kier molecular flexibility index (Phi) is 6.69. The summed E-state index contributed by atoms with van der Waals surface area (Å²) in [5, 5.41) is 1.02. The van der Waals surface area contributed by atoms with Crippen LogP contribution in [0.5, 0.6) is 5.75 Å². The molecule has 0 aliphatic carbocycles. The van der Waals surface area contributed by atoms with Gasteiger partial charge in [0.05, 0.1) is 41.3 Å². The number of rotatable bonds is 6. The van der Waals surface area contributed by atoms with Crippen LogP contribution in [-0.4, -0.2) is 29.2 Å². The number of carbonyl (C=O) groups excluding carboxylic acids is 1. The number of ether oxygens (including phenoxy) is 2. The molecule has 2 aromatic heterocycles. The first kappa shape index (κ1) is 25.6. The molecule has 0 unspecified atom stereocenters. The molecule has 40 heavy (non-hydrogen) atoms. The first-order valence-corrected chi connectivity index (χ1v) is 13.8. The number of carbonyl (C=O) groups is 1. The summed E-state index contributed by atoms with van der Waals surface area (Å²) in [4.78, 5) is 36.1. The summed E-state index contributed by atoms with van der Waals surface area (Å²) in [5.74, 6) is 0.198. The number of nitrogens with zero attached hydrogens (tertiary/aromatic N) is 2. The first-order chi connectivity index (χ1) is 19.5. The molecule has 1 aliphatic rings. The average Bonchev–Trinajstić information content (AvgIpc) is 3.50. The summed E-state index contributed by atoms with van der Waals surface area (Å²) >= 11 is 1.31. The maximum absolute atomic E-state index is 14.1. The molecular weight excluding hydrogens is 522 g/mol. The Morgan fingerprint density at radius 1 is 1.05 bits per heavy atom. The molecule has 0 amide bonds. The van der Waals surface area contributed by atoms with Crippen LogP contribution in [-0.2, 0) is 9.53 Å². The molecule has 3 aromatic carbocycles. The second kappa shape index (κ2) is 10.5. The van der Waals surface area contributed by atoms with Crippen LogP contribution >= 0.6 is 11.3 Å². The molecule has 3 heterocycles. The quantitative estimate of drug-likeness (QED) is 0.304. The fourth-order valence-electron chi connectivity index (χ4n) is 5.17. The maximum atomic E-state index is 14.1. The molecule has 0 saturated carbocycles. The Balaban J connectivity index is 1.59. The summed E-state index contributed by atoms with van der Waals surface area (Å²) in [5.41, 5.74) is 5.29. The molecule has 0 saturated heterocycles. The van der Waals surface area contributed by atoms with Crippen LogP contribution in [0.25, 0.3) is 28.2 Å². The van der Waals surface area contributed by atoms with Crippen LogP contribution in [0.1, 0.15) is 31.0 Å². The third-order valence-corrected chi connectivity index (χ3v) is 8.02. The van der Waals surface area contributed by atoms with Crippen molar-refractivity contribution in [2.24, 2.45) is 4.99 Å². The average molecular weight is 550 g/mol. The molecule has 1 N–H and O–H groups in total. The van der Waals surface area contributed by atoms with E-state index in [1.54, 1.807) is 25.5 Å². The molecule has 200 valence electrons. The number of allylic oxidation sites excluding steroid dienone is 1. The number of esters is 1. The molecule has 7 nitrogen and oxygen atoms in total. The van der Waals surface area contributed by atoms with Gasteiger partial charge in [-0.05, 0) is 49.2 Å². The maximum Gasteiger partial charge on any atom is 0.338 e. The Hall–Kier alpha value is -4.69. The molecule has 0 fully saturated rings. The Bertz CT molecular complexity index is 1950. The topological polar surface area (TPSA) is 85.7 Å². The molecule has 8 heteroatoms. The number of methoxy groups -OCH3 is 1. The van der Waals surface area contributed by atoms with Gasteiger partial charge in [0.1, 0.15) is 5.75 Å². The minimum Gasteiger partial charge on any atom is -0.497 e. The van der Waals surface area contributed by atoms with Crippen molar-refractivity contribution in [3.8, 4) is 17.0 Å². The van der Waals surface area contributed by atoms with Gasteiger partial charge in [0, 0.05) is 16.5 Å². The lowest BCUT2D eigenvalue weighted by Crippen LogP contribution is -2.39. The largest absolute Gasteiger partial charge is 0.497 e. The predicted octanol–water partition coefficient (Wildman–Crippen LogP) is 4.96. The normalized spacial score (nSPS) is 15.2. The van der Waals surface area contributed by atoms with Gasteiger partial charge in [-0.1, -0.05) is 72.0 Å². The van der Waals surface area contributed by atoms with Gasteiger partial charge < -0.3 is 14.5 Å². The van der Waals surface area contributed by atoms with Gasteiger partial charge >= 0.3 is 5.97 Å². The molecule has 1 atom stereocenters. The molecule has 0 spiro atoms. The predicted molar refractivity (Wildman–Crippen MR) is 157 cm³/mol. The van der Waals surface area contributed by atoms with Gasteiger partial charge in [-0.2, -0.15) is 0 Å². The number of H-pyrrole nitrogens is 1. The van der Waals surface area contributed by atoms with E-state index >= 15 is 0 Å². The number of thiazole rings is 1. The third kappa shape index (κ3) is 4.36. The first-order valence-electron chi connectivity index (χ1n) is 13.0. The SMILES string of the molecule is CCOC(=O)C1=C(C)N=c2s/c(=C/c3c(-c4ccccc4)[nH]c4ccccc34)c(=O)n2[C@H]1c1ccc(OC)cc1. The van der Waals surface area contributed by atoms with Gasteiger partial charge in [0.25, 0.3) is 5.56 Å². The van der Waals surface area contributed by atoms with E-state index in [0.717, 1.165) is 33.3 Å². The number of hydrogen-bond acceptors (Lipinski definition) is 6. The van der Waals surface area contributed by atoms with Gasteiger partial charge in [0.15, 0.2) is 4.80 Å². The Morgan fingerprint density at radius 2 is 1.77 bits per heavy atom. The minimum atomic E-state index is -0.681. The monoisotopic (exact) mass is 549 g/mol. The van der Waals surface area contributed by atoms with Crippen molar-refractivity contribution in [2.75, 3.05) is 13.7 Å². The minimum absolute atomic E-state index is 0.219. The van der Waals surface area contributed by atoms with E-state index in [2.05, 4.69) is 4.98 Å². The van der Waals surface area contributed by atoms with E-state index in [0.29, 0.717) is 26.4 Å². The van der Waals surface area contributed by atoms with Crippen molar-refractivity contribution in [2.45, 2.75) is 19.9 Å². The zero-order chi connectivity index (χ0) is 27.8. The van der Waals surface area contributed by atoms with Gasteiger partial charge in [-0.25, -0.2) is 9.79 Å². The van der Waals surface area contributed by atoms with Crippen molar-refractivity contribution in [3.63, 3.8) is 0 Å². The van der Waals surface area contributed by atoms with Gasteiger partial charge in [-0.15, -0.1) is 0 Å². The van der Waals surface area contributed by atoms with Crippen molar-refractivity contribution in [1.82, 2.24) is 9.55 Å². The number of para-hydroxylation sites is 1. The van der Waals surface area contributed by atoms with E-state index in [1.165, 1.54) is 11.3 Å². The highest BCUT2D eigenvalue weighted by Crippen LogP contribution is 2.33. The van der Waals surface area contributed by atoms with E-state index in [-0.39, 0.29) is 12.2 Å². The molecule has 5 aromatic rings. The van der Waals surface area contributed by atoms with Gasteiger partial charge in [-0.3, -0.25) is 9.36 Å². The number of nitrogens with one attached hydrogen (secondary N) is 1. The second-order valence-electron chi connectivity index (χ2n) is 9.40. The Labute approximate surface area is 234 Å². The Morgan fingerprint density at radius 3 is 2.50 bits per heavy atom. The highest BCUT2D eigenvalue weighted by molar-refractivity contribution is 7.07. The van der Waals surface area contributed by atoms with Crippen molar-refractivity contribution < 1.29 is 14.3 Å². The lowest BCUT2D eigenvalue weighted by molar-refractivity contribution is -0.139. The summed E-state index contributed by atoms with van der Waals surface area (Å²) in [6.07, 6.45) is 1.93. The van der Waals surface area contributed by atoms with Crippen LogP contribution in [0.3, 0.4) is 0 Å². The second-order valence-corrected chi connectivity index (χ2v) is 10.4. The highest BCUT2D eigenvalue weighted by Gasteiger charge is 2.33. The fourth-order valence-corrected chi connectivity index (χ4v) is 6.20. The molecule has 1 aliphatic heterocycles. The van der Waals surface area contributed by atoms with Crippen LogP contribution < -0.4 is 19.6 Å². The third-order valence-electron chi connectivity index (χ3n) is 7.03. The number of benzene rings is 3. The van der Waals surface area contributed by atoms with Crippen LogP contribution in [0, 0.1) is 0 Å². The van der Waals surface area contributed by atoms with Crippen molar-refractivity contribution in [1.29, 1.82) is 0 Å². The summed E-state index contributed by atoms with van der Waals surface area (Å²) < 4.78 is 12.9. The molecular formula is C32H27N3O4S. The molecule has 6 rings (SSSR count). The number of aromatic amines is 1. The zero-order valence-corrected chi connectivity index (χ0v) is 23.1. The van der Waals surface area contributed by atoms with Crippen LogP contribution in [0.2, 0.25) is 0 Å². The van der Waals surface area contributed by atoms with Crippen LogP contribution in [0.15, 0.2) is 99.9 Å². The van der Waals surface area contributed by atoms with Crippen molar-refractivity contribution in [3.05, 3.63) is 121 Å². The van der Waals surface area contributed by atoms with E-state index < -0.39 is 12.0 Å². The lowest BCUT2D eigenvalue weighted by atomic mass is 9.96. The number of fused-ring (bicyclic) bond motifs is 2. The van der Waals surface area contributed by atoms with E-state index in [1.807, 2.05) is 84.9 Å². The molecule has 0 radical (unpaired) electrons. The summed E-state index contributed by atoms with van der Waals surface area (Å²) in [6.45, 7) is 3.77. The van der Waals surface area contributed by atoms with Crippen LogP contribution in [0.4, 0.5) is 0 Å². The fraction of sp³-hybridized carbons (Fsp3) is 0.156. The van der Waals surface area contributed by atoms with Gasteiger partial charge in [0.2, 0.25) is 0 Å². The summed E-state index contributed by atoms with van der Waals surface area (Å²) in [7, 11) is 1.60. The highest BCUT2D eigenvalue weighted by atomic mass is 32.1. The van der Waals surface area contributed by atoms with E-state index in [4.69, 9.17) is 14.5 Å². The number of aromatic nitrogens is 2. The van der Waals surface area contributed by atoms with Crippen molar-refractivity contribution >= 4 is 34.3 Å². The smallest absolute Gasteiger partial charge is 0.338 e. The summed E-state index contributed by atoms with van der Waals surface area (Å²) in [6, 6.07) is 24.8. The zero-order valence-electron chi connectivity index (χ0n) is 22.3. The lowest BCUT2D eigenvalue weighted by Gasteiger charge is -2.24. The standard InChI is InChI=1S/C32H27N3O4S/c1-4-39-31(37)27-19(2)33-32-35(29(27)21-14-16-22(38-3)17-15-21)30(36)26(40-32)18-24-23-12-8-9-13-25(23)34-28(24)20-10-6-5-7-11-20/h5-18,29,34H,4H2,1-3H3/b26-18+/t29-/m0/s1.